The van der Waals surface area contributed by atoms with Crippen LogP contribution in [0.1, 0.15) is 104 Å². The highest BCUT2D eigenvalue weighted by molar-refractivity contribution is 6.02. The molecule has 5 atom stereocenters. The van der Waals surface area contributed by atoms with Crippen LogP contribution in [0.4, 0.5) is 9.59 Å². The highest BCUT2D eigenvalue weighted by atomic mass is 16.7. The zero-order valence-electron chi connectivity index (χ0n) is 32.7. The van der Waals surface area contributed by atoms with Gasteiger partial charge in [-0.25, -0.2) is 14.4 Å². The lowest BCUT2D eigenvalue weighted by atomic mass is 9.83. The third-order valence-electron chi connectivity index (χ3n) is 8.65. The van der Waals surface area contributed by atoms with Gasteiger partial charge >= 0.3 is 18.3 Å². The van der Waals surface area contributed by atoms with Gasteiger partial charge in [-0.15, -0.1) is 5.48 Å². The predicted octanol–water partition coefficient (Wildman–Crippen LogP) is 5.27. The molecule has 0 saturated carbocycles. The number of aromatic amines is 1. The number of methoxy groups -OCH3 is 1. The van der Waals surface area contributed by atoms with Crippen molar-refractivity contribution in [1.29, 1.82) is 0 Å². The summed E-state index contributed by atoms with van der Waals surface area (Å²) in [4.78, 5) is 87.7. The number of amides is 2. The quantitative estimate of drug-likeness (QED) is 0.0771. The van der Waals surface area contributed by atoms with E-state index >= 15 is 0 Å². The molecule has 54 heavy (non-hydrogen) atoms. The fraction of sp³-hybridized carbons (Fsp3) is 0.632. The first-order valence-corrected chi connectivity index (χ1v) is 18.4. The van der Waals surface area contributed by atoms with Gasteiger partial charge in [-0.1, -0.05) is 19.9 Å². The van der Waals surface area contributed by atoms with Gasteiger partial charge in [0.1, 0.15) is 35.2 Å². The summed E-state index contributed by atoms with van der Waals surface area (Å²) in [6.45, 7) is 14.0. The number of H-pyrrole nitrogens is 1. The molecule has 1 fully saturated rings. The molecule has 3 rings (SSSR count). The Morgan fingerprint density at radius 1 is 0.889 bits per heavy atom. The van der Waals surface area contributed by atoms with E-state index in [0.717, 1.165) is 0 Å². The molecule has 16 heteroatoms. The van der Waals surface area contributed by atoms with E-state index < -0.39 is 65.8 Å². The second-order valence-corrected chi connectivity index (χ2v) is 14.7. The van der Waals surface area contributed by atoms with Gasteiger partial charge < -0.3 is 44.1 Å². The van der Waals surface area contributed by atoms with Crippen molar-refractivity contribution in [1.82, 2.24) is 21.1 Å². The van der Waals surface area contributed by atoms with Crippen molar-refractivity contribution in [3.8, 4) is 5.75 Å². The third kappa shape index (κ3) is 12.9. The van der Waals surface area contributed by atoms with E-state index in [1.54, 1.807) is 65.8 Å². The number of aromatic nitrogens is 1. The van der Waals surface area contributed by atoms with Crippen molar-refractivity contribution in [3.05, 3.63) is 30.0 Å². The van der Waals surface area contributed by atoms with E-state index in [4.69, 9.17) is 28.5 Å². The molecule has 0 bridgehead atoms. The molecule has 1 aliphatic rings. The number of rotatable bonds is 20. The normalized spacial score (nSPS) is 17.0. The van der Waals surface area contributed by atoms with E-state index in [2.05, 4.69) is 21.1 Å². The average Bonchev–Trinajstić information content (AvgIpc) is 3.69. The minimum Gasteiger partial charge on any atom is -0.496 e. The van der Waals surface area contributed by atoms with Crippen LogP contribution in [0, 0.1) is 11.8 Å². The number of ether oxygens (including phenoxy) is 5. The van der Waals surface area contributed by atoms with Crippen LogP contribution < -0.4 is 20.9 Å². The Morgan fingerprint density at radius 2 is 1.54 bits per heavy atom. The Morgan fingerprint density at radius 3 is 2.11 bits per heavy atom. The van der Waals surface area contributed by atoms with Gasteiger partial charge in [0, 0.05) is 36.2 Å². The van der Waals surface area contributed by atoms with Crippen molar-refractivity contribution in [2.75, 3.05) is 13.7 Å². The summed E-state index contributed by atoms with van der Waals surface area (Å²) in [5.74, 6) is -2.42. The maximum atomic E-state index is 14.4. The number of carbonyl (C=O) groups is 6. The van der Waals surface area contributed by atoms with Crippen LogP contribution in [0.3, 0.4) is 0 Å². The van der Waals surface area contributed by atoms with Crippen LogP contribution in [0.25, 0.3) is 10.9 Å². The number of Topliss-reactive ketones (excluding diaryl/α,β-unsaturated/α-hetero) is 1. The SMILES string of the molecule is COc1cccc2[nH]c(C(=O)N[C@@](CC(C)C)(C[C@H](C)OC(=O)OC(C)C)C(=O)ON[C@@H](C[C@@H]3CCNC3=O)C(=O)CC[C@H](C)OC(=O)OC(C)C)cc12. The number of hydrogen-bond donors (Lipinski definition) is 4. The Kier molecular flexibility index (Phi) is 16.1. The lowest BCUT2D eigenvalue weighted by Crippen LogP contribution is -2.59. The van der Waals surface area contributed by atoms with Crippen molar-refractivity contribution in [2.24, 2.45) is 11.8 Å². The molecule has 0 unspecified atom stereocenters. The largest absolute Gasteiger partial charge is 0.508 e. The summed E-state index contributed by atoms with van der Waals surface area (Å²) in [6, 6.07) is 5.77. The van der Waals surface area contributed by atoms with E-state index in [0.29, 0.717) is 29.6 Å². The van der Waals surface area contributed by atoms with Gasteiger partial charge in [-0.2, -0.15) is 0 Å². The first-order chi connectivity index (χ1) is 25.4. The van der Waals surface area contributed by atoms with Crippen LogP contribution >= 0.6 is 0 Å². The molecule has 2 amide bonds. The minimum absolute atomic E-state index is 0.0174. The average molecular weight is 761 g/mol. The maximum absolute atomic E-state index is 14.4. The van der Waals surface area contributed by atoms with Crippen molar-refractivity contribution in [3.63, 3.8) is 0 Å². The van der Waals surface area contributed by atoms with Gasteiger partial charge in [0.2, 0.25) is 5.91 Å². The second-order valence-electron chi connectivity index (χ2n) is 14.7. The first-order valence-electron chi connectivity index (χ1n) is 18.4. The van der Waals surface area contributed by atoms with E-state index in [1.807, 2.05) is 13.8 Å². The maximum Gasteiger partial charge on any atom is 0.508 e. The number of ketones is 1. The topological polar surface area (TPSA) is 210 Å². The number of hydrogen-bond acceptors (Lipinski definition) is 13. The van der Waals surface area contributed by atoms with Crippen LogP contribution in [-0.2, 0) is 38.2 Å². The van der Waals surface area contributed by atoms with Crippen LogP contribution in [0.15, 0.2) is 24.3 Å². The number of hydroxylamine groups is 1. The lowest BCUT2D eigenvalue weighted by Gasteiger charge is -2.35. The zero-order valence-corrected chi connectivity index (χ0v) is 32.7. The molecule has 0 radical (unpaired) electrons. The second kappa shape index (κ2) is 20.0. The molecule has 1 saturated heterocycles. The third-order valence-corrected chi connectivity index (χ3v) is 8.65. The van der Waals surface area contributed by atoms with Gasteiger partial charge in [0.15, 0.2) is 5.78 Å². The fourth-order valence-electron chi connectivity index (χ4n) is 6.31. The van der Waals surface area contributed by atoms with Crippen molar-refractivity contribution in [2.45, 2.75) is 130 Å². The van der Waals surface area contributed by atoms with Crippen LogP contribution in [-0.4, -0.2) is 90.5 Å². The smallest absolute Gasteiger partial charge is 0.496 e. The molecule has 2 aromatic rings. The lowest BCUT2D eigenvalue weighted by molar-refractivity contribution is -0.165. The van der Waals surface area contributed by atoms with Crippen molar-refractivity contribution < 1.29 is 57.3 Å². The number of benzene rings is 1. The monoisotopic (exact) mass is 760 g/mol. The van der Waals surface area contributed by atoms with E-state index in [-0.39, 0.29) is 55.7 Å². The number of carbonyl (C=O) groups excluding carboxylic acids is 6. The molecule has 0 aliphatic carbocycles. The van der Waals surface area contributed by atoms with Gasteiger partial charge in [-0.05, 0) is 91.3 Å². The molecule has 1 aromatic heterocycles. The summed E-state index contributed by atoms with van der Waals surface area (Å²) in [5.41, 5.74) is 1.56. The fourth-order valence-corrected chi connectivity index (χ4v) is 6.31. The molecule has 300 valence electrons. The summed E-state index contributed by atoms with van der Waals surface area (Å²) < 4.78 is 26.3. The molecule has 0 spiro atoms. The summed E-state index contributed by atoms with van der Waals surface area (Å²) in [7, 11) is 1.51. The van der Waals surface area contributed by atoms with Gasteiger partial charge in [0.25, 0.3) is 5.91 Å². The molecular weight excluding hydrogens is 704 g/mol. The molecule has 1 aromatic carbocycles. The Labute approximate surface area is 316 Å². The molecule has 2 heterocycles. The van der Waals surface area contributed by atoms with Gasteiger partial charge in [0.05, 0.1) is 19.3 Å². The molecule has 16 nitrogen and oxygen atoms in total. The molecule has 4 N–H and O–H groups in total. The van der Waals surface area contributed by atoms with Crippen molar-refractivity contribution >= 4 is 46.8 Å². The highest BCUT2D eigenvalue weighted by Gasteiger charge is 2.45. The predicted molar refractivity (Wildman–Crippen MR) is 196 cm³/mol. The van der Waals surface area contributed by atoms with Gasteiger partial charge in [-0.3, -0.25) is 14.4 Å². The summed E-state index contributed by atoms with van der Waals surface area (Å²) in [6.07, 6.45) is -3.90. The summed E-state index contributed by atoms with van der Waals surface area (Å²) in [5, 5.41) is 6.25. The minimum atomic E-state index is -1.80. The standard InChI is InChI=1S/C38H56N4O12/c1-21(2)19-38(20-25(8)53-37(48)51-23(5)6,41-34(45)30-18-27-28(40-30)11-10-12-32(27)49-9)35(46)54-42-29(17-26-15-16-39-33(26)44)31(43)14-13-24(7)52-36(47)50-22(3)4/h10-12,18,21-26,29,40,42H,13-17,19-20H2,1-9H3,(H,39,44)(H,41,45)/t24-,25-,26-,29-,38-/m0/s1. The highest BCUT2D eigenvalue weighted by Crippen LogP contribution is 2.30. The van der Waals surface area contributed by atoms with E-state index in [1.165, 1.54) is 7.11 Å². The van der Waals surface area contributed by atoms with Crippen LogP contribution in [0.2, 0.25) is 0 Å². The molecule has 1 aliphatic heterocycles. The number of nitrogens with one attached hydrogen (secondary N) is 4. The molecular formula is C38H56N4O12. The zero-order chi connectivity index (χ0) is 40.2. The number of fused-ring (bicyclic) bond motifs is 1. The Balaban J connectivity index is 1.91. The Bertz CT molecular complexity index is 1620. The summed E-state index contributed by atoms with van der Waals surface area (Å²) >= 11 is 0. The van der Waals surface area contributed by atoms with Crippen LogP contribution in [0.5, 0.6) is 5.75 Å². The Hall–Kier alpha value is -4.86. The van der Waals surface area contributed by atoms with E-state index in [9.17, 15) is 28.8 Å². The first kappa shape index (κ1) is 43.5.